The van der Waals surface area contributed by atoms with Crippen LogP contribution in [0.3, 0.4) is 0 Å². The third-order valence-corrected chi connectivity index (χ3v) is 4.32. The third kappa shape index (κ3) is 5.72. The molecule has 1 amide bonds. The molecule has 0 aromatic heterocycles. The molecule has 0 spiro atoms. The van der Waals surface area contributed by atoms with Crippen LogP contribution in [-0.2, 0) is 22.3 Å². The van der Waals surface area contributed by atoms with Crippen LogP contribution < -0.4 is 5.32 Å². The molecule has 1 aromatic rings. The molecule has 0 radical (unpaired) electrons. The van der Waals surface area contributed by atoms with Crippen LogP contribution in [0.5, 0.6) is 0 Å². The number of carboxylic acid groups (broad SMARTS) is 1. The minimum Gasteiger partial charge on any atom is -0.480 e. The van der Waals surface area contributed by atoms with E-state index < -0.39 is 23.8 Å². The number of benzene rings is 1. The number of aliphatic carboxylic acids is 1. The standard InChI is InChI=1S/C18H23F3N2O3/c1-2-3-15(17(25)26)22-10-16(24)23(14-8-9-14)11-12-4-6-13(7-5-12)18(19,20)21/h4-7,14-15,22H,2-3,8-11H2,1H3,(H,25,26). The number of carbonyl (C=O) groups excluding carboxylic acids is 1. The molecule has 1 atom stereocenters. The Kier molecular flexibility index (Phi) is 6.63. The lowest BCUT2D eigenvalue weighted by molar-refractivity contribution is -0.140. The molecule has 0 aliphatic heterocycles. The molecular formula is C18H23F3N2O3. The molecule has 5 nitrogen and oxygen atoms in total. The summed E-state index contributed by atoms with van der Waals surface area (Å²) in [4.78, 5) is 25.2. The molecule has 0 saturated heterocycles. The average molecular weight is 372 g/mol. The van der Waals surface area contributed by atoms with Crippen LogP contribution in [0.15, 0.2) is 24.3 Å². The predicted octanol–water partition coefficient (Wildman–Crippen LogP) is 3.04. The van der Waals surface area contributed by atoms with E-state index in [1.165, 1.54) is 12.1 Å². The molecule has 8 heteroatoms. The number of carboxylic acids is 1. The Bertz CT molecular complexity index is 628. The molecular weight excluding hydrogens is 349 g/mol. The van der Waals surface area contributed by atoms with Gasteiger partial charge in [-0.15, -0.1) is 0 Å². The van der Waals surface area contributed by atoms with Crippen LogP contribution in [-0.4, -0.2) is 40.5 Å². The van der Waals surface area contributed by atoms with Crippen LogP contribution in [0, 0.1) is 0 Å². The van der Waals surface area contributed by atoms with Gasteiger partial charge in [0.1, 0.15) is 6.04 Å². The number of carbonyl (C=O) groups is 2. The van der Waals surface area contributed by atoms with Crippen LogP contribution >= 0.6 is 0 Å². The maximum atomic E-state index is 12.6. The first kappa shape index (κ1) is 20.2. The van der Waals surface area contributed by atoms with E-state index in [1.807, 2.05) is 6.92 Å². The summed E-state index contributed by atoms with van der Waals surface area (Å²) < 4.78 is 37.9. The molecule has 1 aliphatic rings. The SMILES string of the molecule is CCCC(NCC(=O)N(Cc1ccc(C(F)(F)F)cc1)C1CC1)C(=O)O. The molecule has 1 fully saturated rings. The minimum atomic E-state index is -4.39. The fraction of sp³-hybridized carbons (Fsp3) is 0.556. The van der Waals surface area contributed by atoms with Gasteiger partial charge < -0.3 is 10.0 Å². The summed E-state index contributed by atoms with van der Waals surface area (Å²) in [5.41, 5.74) is -0.113. The van der Waals surface area contributed by atoms with Crippen molar-refractivity contribution in [2.45, 2.75) is 57.4 Å². The second-order valence-electron chi connectivity index (χ2n) is 6.51. The lowest BCUT2D eigenvalue weighted by Crippen LogP contribution is -2.45. The first-order valence-electron chi connectivity index (χ1n) is 8.64. The van der Waals surface area contributed by atoms with Gasteiger partial charge in [-0.25, -0.2) is 0 Å². The number of amides is 1. The smallest absolute Gasteiger partial charge is 0.416 e. The van der Waals surface area contributed by atoms with Crippen molar-refractivity contribution in [1.29, 1.82) is 0 Å². The van der Waals surface area contributed by atoms with E-state index in [2.05, 4.69) is 5.32 Å². The first-order valence-corrected chi connectivity index (χ1v) is 8.64. The molecule has 144 valence electrons. The monoisotopic (exact) mass is 372 g/mol. The lowest BCUT2D eigenvalue weighted by atomic mass is 10.1. The summed E-state index contributed by atoms with van der Waals surface area (Å²) in [5.74, 6) is -1.24. The van der Waals surface area contributed by atoms with E-state index in [9.17, 15) is 22.8 Å². The van der Waals surface area contributed by atoms with Gasteiger partial charge in [0, 0.05) is 12.6 Å². The van der Waals surface area contributed by atoms with Gasteiger partial charge in [-0.3, -0.25) is 14.9 Å². The van der Waals surface area contributed by atoms with Gasteiger partial charge in [0.25, 0.3) is 0 Å². The fourth-order valence-electron chi connectivity index (χ4n) is 2.72. The maximum Gasteiger partial charge on any atom is 0.416 e. The summed E-state index contributed by atoms with van der Waals surface area (Å²) in [6, 6.07) is 4.04. The van der Waals surface area contributed by atoms with Gasteiger partial charge in [-0.05, 0) is 37.0 Å². The van der Waals surface area contributed by atoms with Crippen molar-refractivity contribution in [2.75, 3.05) is 6.54 Å². The molecule has 26 heavy (non-hydrogen) atoms. The number of nitrogens with zero attached hydrogens (tertiary/aromatic N) is 1. The van der Waals surface area contributed by atoms with Gasteiger partial charge >= 0.3 is 12.1 Å². The van der Waals surface area contributed by atoms with Crippen molar-refractivity contribution < 1.29 is 27.9 Å². The van der Waals surface area contributed by atoms with Crippen molar-refractivity contribution in [3.05, 3.63) is 35.4 Å². The first-order chi connectivity index (χ1) is 12.2. The lowest BCUT2D eigenvalue weighted by Gasteiger charge is -2.24. The number of rotatable bonds is 9. The van der Waals surface area contributed by atoms with E-state index >= 15 is 0 Å². The Hall–Kier alpha value is -2.09. The van der Waals surface area contributed by atoms with Gasteiger partial charge in [0.2, 0.25) is 5.91 Å². The largest absolute Gasteiger partial charge is 0.480 e. The Morgan fingerprint density at radius 3 is 2.35 bits per heavy atom. The van der Waals surface area contributed by atoms with E-state index in [1.54, 1.807) is 4.90 Å². The Morgan fingerprint density at radius 1 is 1.27 bits per heavy atom. The van der Waals surface area contributed by atoms with Crippen molar-refractivity contribution in [2.24, 2.45) is 0 Å². The van der Waals surface area contributed by atoms with Gasteiger partial charge in [-0.2, -0.15) is 13.2 Å². The van der Waals surface area contributed by atoms with Gasteiger partial charge in [0.15, 0.2) is 0 Å². The van der Waals surface area contributed by atoms with Crippen molar-refractivity contribution in [1.82, 2.24) is 10.2 Å². The van der Waals surface area contributed by atoms with Crippen LogP contribution in [0.4, 0.5) is 13.2 Å². The molecule has 2 rings (SSSR count). The Balaban J connectivity index is 1.98. The highest BCUT2D eigenvalue weighted by atomic mass is 19.4. The molecule has 2 N–H and O–H groups in total. The molecule has 1 aliphatic carbocycles. The highest BCUT2D eigenvalue weighted by molar-refractivity contribution is 5.80. The van der Waals surface area contributed by atoms with E-state index in [4.69, 9.17) is 5.11 Å². The number of nitrogens with one attached hydrogen (secondary N) is 1. The molecule has 1 saturated carbocycles. The molecule has 0 heterocycles. The van der Waals surface area contributed by atoms with Crippen LogP contribution in [0.25, 0.3) is 0 Å². The molecule has 0 bridgehead atoms. The summed E-state index contributed by atoms with van der Waals surface area (Å²) >= 11 is 0. The molecule has 1 aromatic carbocycles. The maximum absolute atomic E-state index is 12.6. The quantitative estimate of drug-likeness (QED) is 0.699. The summed E-state index contributed by atoms with van der Waals surface area (Å²) in [6.07, 6.45) is -1.59. The van der Waals surface area contributed by atoms with Gasteiger partial charge in [0.05, 0.1) is 12.1 Å². The van der Waals surface area contributed by atoms with E-state index in [0.29, 0.717) is 18.4 Å². The summed E-state index contributed by atoms with van der Waals surface area (Å²) in [6.45, 7) is 1.98. The average Bonchev–Trinajstić information content (AvgIpc) is 3.40. The normalized spacial score (nSPS) is 15.5. The fourth-order valence-corrected chi connectivity index (χ4v) is 2.72. The van der Waals surface area contributed by atoms with E-state index in [0.717, 1.165) is 25.0 Å². The van der Waals surface area contributed by atoms with Gasteiger partial charge in [-0.1, -0.05) is 25.5 Å². The summed E-state index contributed by atoms with van der Waals surface area (Å²) in [5, 5.41) is 11.9. The topological polar surface area (TPSA) is 69.6 Å². The van der Waals surface area contributed by atoms with Crippen molar-refractivity contribution in [3.8, 4) is 0 Å². The molecule has 1 unspecified atom stereocenters. The van der Waals surface area contributed by atoms with Crippen LogP contribution in [0.2, 0.25) is 0 Å². The Morgan fingerprint density at radius 2 is 1.88 bits per heavy atom. The zero-order valence-corrected chi connectivity index (χ0v) is 14.6. The summed E-state index contributed by atoms with van der Waals surface area (Å²) in [7, 11) is 0. The highest BCUT2D eigenvalue weighted by Gasteiger charge is 2.33. The van der Waals surface area contributed by atoms with E-state index in [-0.39, 0.29) is 25.0 Å². The number of hydrogen-bond acceptors (Lipinski definition) is 3. The minimum absolute atomic E-state index is 0.0704. The second kappa shape index (κ2) is 8.53. The third-order valence-electron chi connectivity index (χ3n) is 4.32. The van der Waals surface area contributed by atoms with Crippen molar-refractivity contribution >= 4 is 11.9 Å². The zero-order chi connectivity index (χ0) is 19.3. The highest BCUT2D eigenvalue weighted by Crippen LogP contribution is 2.31. The van der Waals surface area contributed by atoms with Crippen molar-refractivity contribution in [3.63, 3.8) is 0 Å². The number of halogens is 3. The number of alkyl halides is 3. The number of hydrogen-bond donors (Lipinski definition) is 2. The predicted molar refractivity (Wildman–Crippen MR) is 89.4 cm³/mol. The second-order valence-corrected chi connectivity index (χ2v) is 6.51. The Labute approximate surface area is 150 Å². The van der Waals surface area contributed by atoms with Crippen LogP contribution in [0.1, 0.15) is 43.7 Å². The zero-order valence-electron chi connectivity index (χ0n) is 14.6.